The lowest BCUT2D eigenvalue weighted by Gasteiger charge is -2.15. The Balaban J connectivity index is 1.01. The third-order valence-electron chi connectivity index (χ3n) is 8.85. The largest absolute Gasteiger partial charge is 0.478 e. The first-order valence-electron chi connectivity index (χ1n) is 19.4. The van der Waals surface area contributed by atoms with Gasteiger partial charge in [0.15, 0.2) is 31.7 Å². The highest BCUT2D eigenvalue weighted by molar-refractivity contribution is 8.01. The van der Waals surface area contributed by atoms with E-state index in [1.54, 1.807) is 23.5 Å². The topological polar surface area (TPSA) is 316 Å². The molecule has 0 aliphatic rings. The van der Waals surface area contributed by atoms with E-state index in [1.807, 2.05) is 41.5 Å². The van der Waals surface area contributed by atoms with Gasteiger partial charge in [0.1, 0.15) is 11.5 Å². The van der Waals surface area contributed by atoms with Crippen molar-refractivity contribution in [2.45, 2.75) is 80.3 Å². The third kappa shape index (κ3) is 11.9. The number of nitrogen functional groups attached to an aromatic ring is 2. The number of unbranched alkanes of at least 4 members (excludes halogenated alkanes) is 2. The van der Waals surface area contributed by atoms with Gasteiger partial charge in [0.05, 0.1) is 33.9 Å². The predicted molar refractivity (Wildman–Crippen MR) is 244 cm³/mol. The van der Waals surface area contributed by atoms with Gasteiger partial charge in [0, 0.05) is 34.5 Å². The van der Waals surface area contributed by atoms with E-state index in [4.69, 9.17) is 20.9 Å². The highest BCUT2D eigenvalue weighted by Gasteiger charge is 2.29. The number of carbonyl (C=O) groups excluding carboxylic acids is 2. The van der Waals surface area contributed by atoms with Crippen LogP contribution in [0.5, 0.6) is 11.5 Å². The van der Waals surface area contributed by atoms with Gasteiger partial charge < -0.3 is 31.2 Å². The average Bonchev–Trinajstić information content (AvgIpc) is 4.04. The molecule has 0 bridgehead atoms. The number of carbonyl (C=O) groups is 4. The minimum Gasteiger partial charge on any atom is -0.478 e. The Morgan fingerprint density at radius 1 is 0.646 bits per heavy atom. The monoisotopic (exact) mass is 962 g/mol. The van der Waals surface area contributed by atoms with Gasteiger partial charge in [0.2, 0.25) is 0 Å². The number of aromatic nitrogens is 8. The fraction of sp³-hybridized carbons (Fsp3) is 0.333. The van der Waals surface area contributed by atoms with E-state index >= 15 is 0 Å². The molecular weight excluding hydrogens is 921 g/mol. The van der Waals surface area contributed by atoms with Crippen LogP contribution in [0.2, 0.25) is 0 Å². The fourth-order valence-corrected chi connectivity index (χ4v) is 9.30. The highest BCUT2D eigenvalue weighted by atomic mass is 32.2. The average molecular weight is 963 g/mol. The molecule has 22 nitrogen and oxygen atoms in total. The van der Waals surface area contributed by atoms with Crippen LogP contribution in [0.15, 0.2) is 65.5 Å². The van der Waals surface area contributed by atoms with E-state index < -0.39 is 22.8 Å². The van der Waals surface area contributed by atoms with Crippen molar-refractivity contribution in [3.63, 3.8) is 0 Å². The molecule has 6 N–H and O–H groups in total. The maximum absolute atomic E-state index is 11.8. The molecule has 26 heteroatoms. The maximum atomic E-state index is 11.8. The number of hydrogen-bond donors (Lipinski definition) is 4. The van der Waals surface area contributed by atoms with Crippen molar-refractivity contribution in [3.05, 3.63) is 58.9 Å². The van der Waals surface area contributed by atoms with Gasteiger partial charge in [-0.1, -0.05) is 94.2 Å². The number of carboxylic acid groups (broad SMARTS) is 2. The SMILES string of the molecule is CC(C)(C)c1nn(-c2cc(OC=O)cc(C(=O)O)c2)c(N)c1N=Nc1nnc(SCCCCCSc2nnc(N=Nc3c(C(C)(C)C)nn(-c4cc(OC=O)cc(C(=O)O)c4)c3N)s2)s1. The summed E-state index contributed by atoms with van der Waals surface area (Å²) in [7, 11) is 0. The van der Waals surface area contributed by atoms with Crippen LogP contribution in [-0.4, -0.2) is 86.6 Å². The lowest BCUT2D eigenvalue weighted by Crippen LogP contribution is -2.13. The molecule has 0 saturated heterocycles. The van der Waals surface area contributed by atoms with Crippen LogP contribution in [-0.2, 0) is 20.4 Å². The summed E-state index contributed by atoms with van der Waals surface area (Å²) < 4.78 is 13.9. The Morgan fingerprint density at radius 2 is 1.05 bits per heavy atom. The Bertz CT molecular complexity index is 2600. The summed E-state index contributed by atoms with van der Waals surface area (Å²) in [6, 6.07) is 8.03. The predicted octanol–water partition coefficient (Wildman–Crippen LogP) is 8.87. The van der Waals surface area contributed by atoms with Gasteiger partial charge >= 0.3 is 11.9 Å². The molecule has 0 radical (unpaired) electrons. The maximum Gasteiger partial charge on any atom is 0.335 e. The highest BCUT2D eigenvalue weighted by Crippen LogP contribution is 2.41. The summed E-state index contributed by atoms with van der Waals surface area (Å²) in [4.78, 5) is 45.5. The molecule has 4 aromatic heterocycles. The molecule has 0 aliphatic heterocycles. The van der Waals surface area contributed by atoms with Crippen LogP contribution in [0, 0.1) is 0 Å². The first-order chi connectivity index (χ1) is 30.9. The molecular formula is C39H42N14O8S4. The fourth-order valence-electron chi connectivity index (χ4n) is 5.84. The summed E-state index contributed by atoms with van der Waals surface area (Å²) in [6.45, 7) is 11.9. The van der Waals surface area contributed by atoms with Crippen molar-refractivity contribution < 1.29 is 38.9 Å². The zero-order valence-electron chi connectivity index (χ0n) is 35.7. The van der Waals surface area contributed by atoms with Crippen molar-refractivity contribution >= 4 is 104 Å². The summed E-state index contributed by atoms with van der Waals surface area (Å²) in [6.07, 6.45) is 2.83. The molecule has 2 aromatic carbocycles. The number of ether oxygens (including phenoxy) is 2. The van der Waals surface area contributed by atoms with Crippen LogP contribution in [0.3, 0.4) is 0 Å². The van der Waals surface area contributed by atoms with Gasteiger partial charge in [-0.05, 0) is 37.1 Å². The number of aromatic carboxylic acids is 2. The molecule has 65 heavy (non-hydrogen) atoms. The van der Waals surface area contributed by atoms with Crippen molar-refractivity contribution in [2.24, 2.45) is 20.5 Å². The summed E-state index contributed by atoms with van der Waals surface area (Å²) in [5.74, 6) is -0.607. The van der Waals surface area contributed by atoms with E-state index in [0.717, 1.165) is 39.4 Å². The Labute approximate surface area is 387 Å². The molecule has 0 atom stereocenters. The van der Waals surface area contributed by atoms with Gasteiger partial charge in [-0.3, -0.25) is 9.59 Å². The van der Waals surface area contributed by atoms with Gasteiger partial charge in [-0.2, -0.15) is 10.2 Å². The molecule has 0 amide bonds. The minimum absolute atomic E-state index is 0.00817. The smallest absolute Gasteiger partial charge is 0.335 e. The first kappa shape index (κ1) is 47.8. The quantitative estimate of drug-likeness (QED) is 0.0240. The van der Waals surface area contributed by atoms with Gasteiger partial charge in [-0.25, -0.2) is 19.0 Å². The van der Waals surface area contributed by atoms with Gasteiger partial charge in [0.25, 0.3) is 23.2 Å². The number of hydrogen-bond acceptors (Lipinski definition) is 22. The number of carboxylic acids is 2. The number of nitrogens with two attached hydrogens (primary N) is 2. The lowest BCUT2D eigenvalue weighted by atomic mass is 9.91. The number of thioether (sulfide) groups is 2. The second-order valence-corrected chi connectivity index (χ2v) is 20.4. The summed E-state index contributed by atoms with van der Waals surface area (Å²) in [5, 5.41) is 63.3. The summed E-state index contributed by atoms with van der Waals surface area (Å²) >= 11 is 5.69. The zero-order chi connectivity index (χ0) is 47.1. The summed E-state index contributed by atoms with van der Waals surface area (Å²) in [5.41, 5.74) is 13.8. The molecule has 340 valence electrons. The molecule has 0 saturated carbocycles. The molecule has 0 fully saturated rings. The minimum atomic E-state index is -1.22. The number of anilines is 2. The second-order valence-electron chi connectivity index (χ2n) is 15.8. The molecule has 4 heterocycles. The van der Waals surface area contributed by atoms with E-state index in [1.165, 1.54) is 68.4 Å². The lowest BCUT2D eigenvalue weighted by molar-refractivity contribution is -0.121. The van der Waals surface area contributed by atoms with E-state index in [2.05, 4.69) is 51.0 Å². The normalized spacial score (nSPS) is 12.0. The zero-order valence-corrected chi connectivity index (χ0v) is 38.9. The van der Waals surface area contributed by atoms with Crippen molar-refractivity contribution in [1.29, 1.82) is 0 Å². The van der Waals surface area contributed by atoms with Crippen molar-refractivity contribution in [1.82, 2.24) is 40.0 Å². The number of azo groups is 2. The van der Waals surface area contributed by atoms with E-state index in [-0.39, 0.29) is 70.0 Å². The van der Waals surface area contributed by atoms with Gasteiger partial charge in [-0.15, -0.1) is 40.9 Å². The molecule has 0 unspecified atom stereocenters. The van der Waals surface area contributed by atoms with Crippen LogP contribution in [0.25, 0.3) is 11.4 Å². The van der Waals surface area contributed by atoms with Crippen LogP contribution in [0.1, 0.15) is 92.9 Å². The van der Waals surface area contributed by atoms with Crippen molar-refractivity contribution in [2.75, 3.05) is 23.0 Å². The Hall–Kier alpha value is -6.64. The molecule has 6 aromatic rings. The third-order valence-corrected chi connectivity index (χ3v) is 12.9. The Morgan fingerprint density at radius 3 is 1.40 bits per heavy atom. The standard InChI is InChI=1S/C39H42N14O8S4/c1-38(2,3)28-26(30(40)52(50-28)22-12-20(32(56)57)14-24(16-22)60-18-54)42-44-34-46-48-36(64-34)62-10-8-7-9-11-63-37-49-47-35(65-37)45-43-27-29(39(4,5)6)51-53(31(27)41)23-13-21(33(58)59)15-25(17-23)61-19-55/h12-19H,7-11,40-41H2,1-6H3,(H,56,57)(H,58,59). The second kappa shape index (κ2) is 20.5. The molecule has 0 spiro atoms. The van der Waals surface area contributed by atoms with Crippen LogP contribution < -0.4 is 20.9 Å². The van der Waals surface area contributed by atoms with Crippen molar-refractivity contribution in [3.8, 4) is 22.9 Å². The van der Waals surface area contributed by atoms with Crippen LogP contribution >= 0.6 is 46.2 Å². The number of nitrogens with zero attached hydrogens (tertiary/aromatic N) is 12. The number of rotatable bonds is 20. The Kier molecular flexibility index (Phi) is 15.1. The first-order valence-corrected chi connectivity index (χ1v) is 23.0. The molecule has 0 aliphatic carbocycles. The molecule has 6 rings (SSSR count). The number of benzene rings is 2. The van der Waals surface area contributed by atoms with Crippen LogP contribution in [0.4, 0.5) is 33.3 Å². The van der Waals surface area contributed by atoms with E-state index in [0.29, 0.717) is 21.7 Å². The van der Waals surface area contributed by atoms with E-state index in [9.17, 15) is 29.4 Å².